The quantitative estimate of drug-likeness (QED) is 0.435. The number of benzene rings is 3. The van der Waals surface area contributed by atoms with Crippen molar-refractivity contribution in [1.29, 1.82) is 0 Å². The van der Waals surface area contributed by atoms with Crippen molar-refractivity contribution >= 4 is 27.6 Å². The van der Waals surface area contributed by atoms with Crippen LogP contribution in [0, 0.1) is 5.82 Å². The van der Waals surface area contributed by atoms with E-state index in [0.717, 1.165) is 15.7 Å². The Bertz CT molecular complexity index is 1420. The minimum Gasteiger partial charge on any atom is -0.478 e. The van der Waals surface area contributed by atoms with Crippen molar-refractivity contribution in [3.63, 3.8) is 0 Å². The summed E-state index contributed by atoms with van der Waals surface area (Å²) in [6, 6.07) is 17.4. The Morgan fingerprint density at radius 1 is 1.06 bits per heavy atom. The summed E-state index contributed by atoms with van der Waals surface area (Å²) in [6.07, 6.45) is -0.547. The molecule has 1 atom stereocenters. The summed E-state index contributed by atoms with van der Waals surface area (Å²) in [6.45, 7) is 0. The maximum atomic E-state index is 13.4. The summed E-state index contributed by atoms with van der Waals surface area (Å²) < 4.78 is 15.8. The van der Waals surface area contributed by atoms with E-state index in [1.165, 1.54) is 36.4 Å². The van der Waals surface area contributed by atoms with E-state index in [1.807, 2.05) is 18.2 Å². The van der Waals surface area contributed by atoms with Gasteiger partial charge >= 0.3 is 5.97 Å². The molecule has 0 spiro atoms. The highest BCUT2D eigenvalue weighted by atomic mass is 79.9. The Balaban J connectivity index is 1.72. The van der Waals surface area contributed by atoms with Crippen LogP contribution in [0.5, 0.6) is 0 Å². The lowest BCUT2D eigenvalue weighted by Crippen LogP contribution is -2.32. The smallest absolute Gasteiger partial charge is 0.335 e. The average Bonchev–Trinajstić information content (AvgIpc) is 2.79. The number of nitrogens with zero attached hydrogens (tertiary/aromatic N) is 3. The van der Waals surface area contributed by atoms with Gasteiger partial charge in [-0.3, -0.25) is 4.79 Å². The number of nitrogens with one attached hydrogen (secondary N) is 1. The first kappa shape index (κ1) is 20.1. The van der Waals surface area contributed by atoms with E-state index in [-0.39, 0.29) is 11.3 Å². The number of rotatable bonds is 3. The van der Waals surface area contributed by atoms with E-state index >= 15 is 0 Å². The number of hydrogen-bond donors (Lipinski definition) is 2. The van der Waals surface area contributed by atoms with Gasteiger partial charge in [-0.15, -0.1) is 0 Å². The molecule has 9 heteroatoms. The lowest BCUT2D eigenvalue weighted by Gasteiger charge is -2.30. The Hall–Kier alpha value is -3.85. The van der Waals surface area contributed by atoms with E-state index in [0.29, 0.717) is 17.0 Å². The summed E-state index contributed by atoms with van der Waals surface area (Å²) in [4.78, 5) is 28.4. The molecule has 1 aromatic heterocycles. The molecule has 32 heavy (non-hydrogen) atoms. The number of aromatic nitrogens is 3. The van der Waals surface area contributed by atoms with E-state index in [9.17, 15) is 19.1 Å². The maximum absolute atomic E-state index is 13.4. The standard InChI is InChI=1S/C23H14BrFN4O3/c24-15-7-10-18-17(11-15)21-27-22(30)19(12-5-8-16(25)9-6-12)28-29(21)20(26-18)13-1-3-14(4-2-13)23(31)32/h1-11,20,26H,(H,31,32). The highest BCUT2D eigenvalue weighted by molar-refractivity contribution is 9.10. The first-order chi connectivity index (χ1) is 15.4. The van der Waals surface area contributed by atoms with Crippen LogP contribution in [0.4, 0.5) is 10.1 Å². The predicted octanol–water partition coefficient (Wildman–Crippen LogP) is 4.54. The zero-order chi connectivity index (χ0) is 22.4. The van der Waals surface area contributed by atoms with Crippen LogP contribution < -0.4 is 10.9 Å². The third-order valence-corrected chi connectivity index (χ3v) is 5.68. The van der Waals surface area contributed by atoms with Crippen LogP contribution >= 0.6 is 15.9 Å². The average molecular weight is 493 g/mol. The Labute approximate surface area is 189 Å². The fourth-order valence-electron chi connectivity index (χ4n) is 3.62. The van der Waals surface area contributed by atoms with Crippen molar-refractivity contribution in [3.8, 4) is 22.6 Å². The second kappa shape index (κ2) is 7.69. The lowest BCUT2D eigenvalue weighted by atomic mass is 10.0. The van der Waals surface area contributed by atoms with Crippen molar-refractivity contribution < 1.29 is 14.3 Å². The first-order valence-corrected chi connectivity index (χ1v) is 10.4. The Morgan fingerprint density at radius 2 is 1.78 bits per heavy atom. The van der Waals surface area contributed by atoms with Crippen LogP contribution in [0.3, 0.4) is 0 Å². The van der Waals surface area contributed by atoms with Crippen molar-refractivity contribution in [3.05, 3.63) is 98.5 Å². The van der Waals surface area contributed by atoms with Crippen LogP contribution in [-0.4, -0.2) is 25.8 Å². The molecular formula is C23H14BrFN4O3. The molecule has 3 aromatic carbocycles. The maximum Gasteiger partial charge on any atom is 0.335 e. The largest absolute Gasteiger partial charge is 0.478 e. The normalized spacial score (nSPS) is 14.2. The summed E-state index contributed by atoms with van der Waals surface area (Å²) >= 11 is 3.45. The number of anilines is 1. The summed E-state index contributed by atoms with van der Waals surface area (Å²) in [5.74, 6) is -1.08. The van der Waals surface area contributed by atoms with Gasteiger partial charge in [0, 0.05) is 21.3 Å². The summed E-state index contributed by atoms with van der Waals surface area (Å²) in [5.41, 5.74) is 2.33. The zero-order valence-electron chi connectivity index (χ0n) is 16.3. The van der Waals surface area contributed by atoms with Gasteiger partial charge in [-0.05, 0) is 60.2 Å². The van der Waals surface area contributed by atoms with E-state index in [1.54, 1.807) is 16.8 Å². The zero-order valence-corrected chi connectivity index (χ0v) is 17.9. The van der Waals surface area contributed by atoms with Gasteiger partial charge in [-0.25, -0.2) is 13.9 Å². The molecule has 0 saturated heterocycles. The number of fused-ring (bicyclic) bond motifs is 3. The fourth-order valence-corrected chi connectivity index (χ4v) is 3.98. The van der Waals surface area contributed by atoms with Gasteiger partial charge < -0.3 is 10.4 Å². The lowest BCUT2D eigenvalue weighted by molar-refractivity contribution is 0.0697. The van der Waals surface area contributed by atoms with Crippen LogP contribution in [0.25, 0.3) is 22.6 Å². The molecule has 0 aliphatic carbocycles. The number of aromatic carboxylic acids is 1. The predicted molar refractivity (Wildman–Crippen MR) is 120 cm³/mol. The molecule has 2 N–H and O–H groups in total. The van der Waals surface area contributed by atoms with Crippen LogP contribution in [0.1, 0.15) is 22.1 Å². The highest BCUT2D eigenvalue weighted by Gasteiger charge is 2.28. The van der Waals surface area contributed by atoms with Crippen molar-refractivity contribution in [1.82, 2.24) is 14.8 Å². The Kier molecular flexibility index (Phi) is 4.82. The molecule has 1 unspecified atom stereocenters. The minimum atomic E-state index is -1.02. The van der Waals surface area contributed by atoms with Crippen molar-refractivity contribution in [2.75, 3.05) is 5.32 Å². The van der Waals surface area contributed by atoms with Gasteiger partial charge in [0.15, 0.2) is 11.5 Å². The van der Waals surface area contributed by atoms with Gasteiger partial charge in [-0.1, -0.05) is 28.1 Å². The van der Waals surface area contributed by atoms with Crippen LogP contribution in [0.15, 0.2) is 76.0 Å². The topological polar surface area (TPSA) is 97.1 Å². The molecule has 5 rings (SSSR count). The number of halogens is 2. The number of carboxylic acids is 1. The molecule has 1 aliphatic rings. The molecule has 158 valence electrons. The molecule has 0 bridgehead atoms. The van der Waals surface area contributed by atoms with Crippen LogP contribution in [0.2, 0.25) is 0 Å². The van der Waals surface area contributed by atoms with Gasteiger partial charge in [0.1, 0.15) is 12.0 Å². The molecule has 0 radical (unpaired) electrons. The van der Waals surface area contributed by atoms with E-state index in [4.69, 9.17) is 0 Å². The molecule has 0 fully saturated rings. The fraction of sp³-hybridized carbons (Fsp3) is 0.0435. The summed E-state index contributed by atoms with van der Waals surface area (Å²) in [7, 11) is 0. The van der Waals surface area contributed by atoms with Crippen LogP contribution in [-0.2, 0) is 0 Å². The number of hydrogen-bond acceptors (Lipinski definition) is 5. The number of carboxylic acid groups (broad SMARTS) is 1. The van der Waals surface area contributed by atoms with Gasteiger partial charge in [-0.2, -0.15) is 10.1 Å². The monoisotopic (exact) mass is 492 g/mol. The molecule has 2 heterocycles. The summed E-state index contributed by atoms with van der Waals surface area (Å²) in [5, 5.41) is 17.2. The van der Waals surface area contributed by atoms with Crippen molar-refractivity contribution in [2.45, 2.75) is 6.17 Å². The molecule has 0 saturated carbocycles. The molecule has 4 aromatic rings. The second-order valence-corrected chi connectivity index (χ2v) is 8.12. The SMILES string of the molecule is O=C(O)c1ccc(C2Nc3ccc(Br)cc3-c3nc(=O)c(-c4ccc(F)cc4)nn32)cc1. The highest BCUT2D eigenvalue weighted by Crippen LogP contribution is 2.38. The second-order valence-electron chi connectivity index (χ2n) is 7.20. The molecule has 7 nitrogen and oxygen atoms in total. The molecule has 0 amide bonds. The third kappa shape index (κ3) is 3.46. The van der Waals surface area contributed by atoms with E-state index < -0.39 is 23.5 Å². The first-order valence-electron chi connectivity index (χ1n) is 9.57. The molecule has 1 aliphatic heterocycles. The minimum absolute atomic E-state index is 0.0844. The van der Waals surface area contributed by atoms with Crippen molar-refractivity contribution in [2.24, 2.45) is 0 Å². The van der Waals surface area contributed by atoms with Gasteiger partial charge in [0.05, 0.1) is 5.56 Å². The van der Waals surface area contributed by atoms with Gasteiger partial charge in [0.25, 0.3) is 5.56 Å². The Morgan fingerprint density at radius 3 is 2.47 bits per heavy atom. The van der Waals surface area contributed by atoms with Gasteiger partial charge in [0.2, 0.25) is 0 Å². The number of carbonyl (C=O) groups is 1. The van der Waals surface area contributed by atoms with E-state index in [2.05, 4.69) is 31.3 Å². The third-order valence-electron chi connectivity index (χ3n) is 5.19. The molecular weight excluding hydrogens is 479 g/mol.